The van der Waals surface area contributed by atoms with Crippen LogP contribution >= 0.6 is 15.9 Å². The molecule has 0 N–H and O–H groups in total. The molecule has 4 aromatic rings. The Bertz CT molecular complexity index is 1040. The number of halogens is 3. The predicted octanol–water partition coefficient (Wildman–Crippen LogP) is 5.00. The van der Waals surface area contributed by atoms with Crippen molar-refractivity contribution in [1.29, 1.82) is 0 Å². The van der Waals surface area contributed by atoms with E-state index in [4.69, 9.17) is 4.42 Å². The van der Waals surface area contributed by atoms with E-state index in [1.807, 2.05) is 18.2 Å². The van der Waals surface area contributed by atoms with Gasteiger partial charge in [-0.15, -0.1) is 0 Å². The molecule has 0 spiro atoms. The van der Waals surface area contributed by atoms with Gasteiger partial charge >= 0.3 is 6.01 Å². The van der Waals surface area contributed by atoms with E-state index in [1.165, 1.54) is 12.1 Å². The summed E-state index contributed by atoms with van der Waals surface area (Å²) in [6, 6.07) is 11.8. The van der Waals surface area contributed by atoms with Crippen LogP contribution in [-0.2, 0) is 6.54 Å². The minimum absolute atomic E-state index is 0.0818. The Morgan fingerprint density at radius 1 is 1.04 bits per heavy atom. The molecule has 8 heteroatoms. The normalized spacial score (nSPS) is 11.0. The molecule has 0 fully saturated rings. The first-order chi connectivity index (χ1) is 12.6. The van der Waals surface area contributed by atoms with Crippen LogP contribution in [0.1, 0.15) is 5.56 Å². The molecule has 130 valence electrons. The summed E-state index contributed by atoms with van der Waals surface area (Å²) in [5, 5.41) is 0. The van der Waals surface area contributed by atoms with Crippen molar-refractivity contribution in [3.05, 3.63) is 76.7 Å². The van der Waals surface area contributed by atoms with Gasteiger partial charge in [-0.3, -0.25) is 4.90 Å². The summed E-state index contributed by atoms with van der Waals surface area (Å²) < 4.78 is 33.7. The Morgan fingerprint density at radius 3 is 2.65 bits per heavy atom. The van der Waals surface area contributed by atoms with Crippen LogP contribution in [0.5, 0.6) is 0 Å². The number of pyridine rings is 2. The van der Waals surface area contributed by atoms with Gasteiger partial charge in [0.1, 0.15) is 27.6 Å². The number of fused-ring (bicyclic) bond motifs is 1. The lowest BCUT2D eigenvalue weighted by atomic mass is 10.2. The van der Waals surface area contributed by atoms with E-state index in [0.717, 1.165) is 12.4 Å². The Labute approximate surface area is 155 Å². The lowest BCUT2D eigenvalue weighted by molar-refractivity contribution is 0.572. The van der Waals surface area contributed by atoms with Crippen LogP contribution in [0.3, 0.4) is 0 Å². The van der Waals surface area contributed by atoms with Crippen molar-refractivity contribution < 1.29 is 13.2 Å². The number of para-hydroxylation sites is 2. The van der Waals surface area contributed by atoms with Crippen LogP contribution in [-0.4, -0.2) is 15.0 Å². The fourth-order valence-electron chi connectivity index (χ4n) is 2.49. The number of hydrogen-bond donors (Lipinski definition) is 0. The van der Waals surface area contributed by atoms with Gasteiger partial charge in [0, 0.05) is 5.56 Å². The third kappa shape index (κ3) is 3.28. The highest BCUT2D eigenvalue weighted by molar-refractivity contribution is 9.10. The van der Waals surface area contributed by atoms with Gasteiger partial charge in [0.15, 0.2) is 5.58 Å². The van der Waals surface area contributed by atoms with Crippen molar-refractivity contribution in [2.24, 2.45) is 0 Å². The minimum atomic E-state index is -0.476. The number of rotatable bonds is 4. The van der Waals surface area contributed by atoms with Crippen LogP contribution in [0.15, 0.2) is 63.9 Å². The van der Waals surface area contributed by atoms with Gasteiger partial charge in [-0.1, -0.05) is 12.1 Å². The number of anilines is 2. The predicted molar refractivity (Wildman–Crippen MR) is 95.9 cm³/mol. The van der Waals surface area contributed by atoms with E-state index in [2.05, 4.69) is 30.9 Å². The zero-order valence-corrected chi connectivity index (χ0v) is 14.8. The Balaban J connectivity index is 1.80. The van der Waals surface area contributed by atoms with Gasteiger partial charge in [-0.2, -0.15) is 4.98 Å². The molecule has 4 rings (SSSR count). The number of benzene rings is 1. The Morgan fingerprint density at radius 2 is 1.88 bits per heavy atom. The van der Waals surface area contributed by atoms with E-state index in [0.29, 0.717) is 27.1 Å². The van der Waals surface area contributed by atoms with Crippen molar-refractivity contribution in [2.45, 2.75) is 6.54 Å². The van der Waals surface area contributed by atoms with Crippen molar-refractivity contribution in [3.8, 4) is 0 Å². The fraction of sp³-hybridized carbons (Fsp3) is 0.0556. The lowest BCUT2D eigenvalue weighted by Gasteiger charge is -2.20. The second-order valence-electron chi connectivity index (χ2n) is 5.48. The maximum absolute atomic E-state index is 14.2. The van der Waals surface area contributed by atoms with E-state index >= 15 is 0 Å². The molecular formula is C18H11BrF2N4O. The van der Waals surface area contributed by atoms with Crippen molar-refractivity contribution in [1.82, 2.24) is 15.0 Å². The molecule has 0 aliphatic rings. The van der Waals surface area contributed by atoms with Gasteiger partial charge < -0.3 is 4.42 Å². The molecule has 0 bridgehead atoms. The Hall–Kier alpha value is -2.87. The molecule has 0 aliphatic carbocycles. The highest BCUT2D eigenvalue weighted by atomic mass is 79.9. The largest absolute Gasteiger partial charge is 0.423 e. The maximum Gasteiger partial charge on any atom is 0.304 e. The molecule has 0 saturated heterocycles. The second kappa shape index (κ2) is 6.80. The zero-order valence-electron chi connectivity index (χ0n) is 13.2. The molecule has 0 radical (unpaired) electrons. The highest BCUT2D eigenvalue weighted by Crippen LogP contribution is 2.29. The molecule has 3 aromatic heterocycles. The van der Waals surface area contributed by atoms with Gasteiger partial charge in [0.25, 0.3) is 0 Å². The zero-order chi connectivity index (χ0) is 18.1. The first kappa shape index (κ1) is 16.6. The summed E-state index contributed by atoms with van der Waals surface area (Å²) in [5.74, 6) is -0.564. The molecule has 0 unspecified atom stereocenters. The molecule has 5 nitrogen and oxygen atoms in total. The standard InChI is InChI=1S/C18H11BrF2N4O/c19-16-7-11(13(21)9-22-16)10-25(17-6-5-12(20)8-23-17)18-24-14-3-1-2-4-15(14)26-18/h1-9H,10H2. The number of hydrogen-bond acceptors (Lipinski definition) is 5. The first-order valence-electron chi connectivity index (χ1n) is 7.65. The van der Waals surface area contributed by atoms with Crippen molar-refractivity contribution in [2.75, 3.05) is 4.90 Å². The van der Waals surface area contributed by atoms with E-state index < -0.39 is 11.6 Å². The SMILES string of the molecule is Fc1ccc(N(Cc2cc(Br)ncc2F)c2nc3ccccc3o2)nc1. The second-order valence-corrected chi connectivity index (χ2v) is 6.30. The molecule has 3 heterocycles. The van der Waals surface area contributed by atoms with Crippen molar-refractivity contribution in [3.63, 3.8) is 0 Å². The number of nitrogens with zero attached hydrogens (tertiary/aromatic N) is 4. The van der Waals surface area contributed by atoms with Gasteiger partial charge in [0.2, 0.25) is 0 Å². The summed E-state index contributed by atoms with van der Waals surface area (Å²) in [6.07, 6.45) is 2.21. The summed E-state index contributed by atoms with van der Waals surface area (Å²) in [7, 11) is 0. The van der Waals surface area contributed by atoms with Crippen LogP contribution in [0, 0.1) is 11.6 Å². The van der Waals surface area contributed by atoms with E-state index in [1.54, 1.807) is 17.0 Å². The average molecular weight is 417 g/mol. The fourth-order valence-corrected chi connectivity index (χ4v) is 2.87. The molecular weight excluding hydrogens is 406 g/mol. The van der Waals surface area contributed by atoms with E-state index in [9.17, 15) is 8.78 Å². The van der Waals surface area contributed by atoms with Crippen molar-refractivity contribution >= 4 is 38.9 Å². The summed E-state index contributed by atoms with van der Waals surface area (Å²) in [6.45, 7) is 0.0818. The molecule has 0 amide bonds. The molecule has 0 atom stereocenters. The van der Waals surface area contributed by atoms with Crippen LogP contribution in [0.2, 0.25) is 0 Å². The summed E-state index contributed by atoms with van der Waals surface area (Å²) in [4.78, 5) is 13.9. The topological polar surface area (TPSA) is 55.1 Å². The highest BCUT2D eigenvalue weighted by Gasteiger charge is 2.20. The van der Waals surface area contributed by atoms with Crippen LogP contribution < -0.4 is 4.90 Å². The Kier molecular flexibility index (Phi) is 4.34. The van der Waals surface area contributed by atoms with Gasteiger partial charge in [-0.05, 0) is 46.3 Å². The molecule has 1 aromatic carbocycles. The van der Waals surface area contributed by atoms with Crippen LogP contribution in [0.25, 0.3) is 11.1 Å². The number of oxazole rings is 1. The minimum Gasteiger partial charge on any atom is -0.423 e. The summed E-state index contributed by atoms with van der Waals surface area (Å²) in [5.41, 5.74) is 1.61. The van der Waals surface area contributed by atoms with Gasteiger partial charge in [0.05, 0.1) is 18.9 Å². The average Bonchev–Trinajstić information content (AvgIpc) is 3.07. The van der Waals surface area contributed by atoms with Gasteiger partial charge in [-0.25, -0.2) is 18.7 Å². The molecule has 0 aliphatic heterocycles. The number of aromatic nitrogens is 3. The maximum atomic E-state index is 14.2. The quantitative estimate of drug-likeness (QED) is 0.438. The third-order valence-corrected chi connectivity index (χ3v) is 4.17. The molecule has 0 saturated carbocycles. The first-order valence-corrected chi connectivity index (χ1v) is 8.44. The monoisotopic (exact) mass is 416 g/mol. The summed E-state index contributed by atoms with van der Waals surface area (Å²) >= 11 is 3.24. The smallest absolute Gasteiger partial charge is 0.304 e. The lowest BCUT2D eigenvalue weighted by Crippen LogP contribution is -2.19. The third-order valence-electron chi connectivity index (χ3n) is 3.73. The van der Waals surface area contributed by atoms with E-state index in [-0.39, 0.29) is 12.6 Å². The van der Waals surface area contributed by atoms with Crippen LogP contribution in [0.4, 0.5) is 20.6 Å². The molecule has 26 heavy (non-hydrogen) atoms.